The molecule has 0 spiro atoms. The van der Waals surface area contributed by atoms with E-state index in [0.29, 0.717) is 0 Å². The number of hydrogen-bond donors (Lipinski definition) is 1. The van der Waals surface area contributed by atoms with Crippen LogP contribution in [0, 0.1) is 5.41 Å². The van der Waals surface area contributed by atoms with Crippen molar-refractivity contribution in [2.75, 3.05) is 46.4 Å². The predicted octanol–water partition coefficient (Wildman–Crippen LogP) is 1.65. The van der Waals surface area contributed by atoms with Crippen LogP contribution in [0.4, 0.5) is 0 Å². The Morgan fingerprint density at radius 1 is 1.06 bits per heavy atom. The standard InChI is InChI=1S/C10H23N2O2PS/c1-10(2)8-13-15(16,14-9-10)12-6-4-11(3)5-7-12/h15-16H,4-9H2,1-3H3. The second-order valence-electron chi connectivity index (χ2n) is 5.58. The Morgan fingerprint density at radius 2 is 1.56 bits per heavy atom. The van der Waals surface area contributed by atoms with Crippen molar-refractivity contribution in [3.05, 3.63) is 0 Å². The molecule has 0 bridgehead atoms. The average Bonchev–Trinajstić information content (AvgIpc) is 2.24. The summed E-state index contributed by atoms with van der Waals surface area (Å²) in [5, 5.41) is 0. The van der Waals surface area contributed by atoms with E-state index >= 15 is 0 Å². The Bertz CT molecular complexity index is 247. The van der Waals surface area contributed by atoms with Gasteiger partial charge in [-0.05, 0) is 0 Å². The summed E-state index contributed by atoms with van der Waals surface area (Å²) in [6.07, 6.45) is 0. The van der Waals surface area contributed by atoms with Crippen molar-refractivity contribution >= 4 is 19.3 Å². The van der Waals surface area contributed by atoms with E-state index < -0.39 is 7.07 Å². The van der Waals surface area contributed by atoms with Crippen LogP contribution in [0.15, 0.2) is 0 Å². The molecular formula is C10H23N2O2PS. The van der Waals surface area contributed by atoms with Gasteiger partial charge in [-0.15, -0.1) is 0 Å². The second-order valence-corrected chi connectivity index (χ2v) is 9.58. The number of likely N-dealkylation sites (N-methyl/N-ethyl adjacent to an activating group) is 1. The van der Waals surface area contributed by atoms with Crippen LogP contribution < -0.4 is 0 Å². The molecule has 0 aromatic carbocycles. The average molecular weight is 266 g/mol. The van der Waals surface area contributed by atoms with Gasteiger partial charge in [0.25, 0.3) is 0 Å². The van der Waals surface area contributed by atoms with Crippen LogP contribution in [-0.2, 0) is 9.05 Å². The van der Waals surface area contributed by atoms with Crippen LogP contribution in [-0.4, -0.2) is 56.0 Å². The fourth-order valence-electron chi connectivity index (χ4n) is 1.93. The van der Waals surface area contributed by atoms with E-state index in [1.807, 2.05) is 0 Å². The zero-order valence-electron chi connectivity index (χ0n) is 10.4. The molecule has 0 unspecified atom stereocenters. The van der Waals surface area contributed by atoms with E-state index in [0.717, 1.165) is 39.4 Å². The molecule has 2 rings (SSSR count). The van der Waals surface area contributed by atoms with E-state index in [4.69, 9.17) is 21.3 Å². The molecule has 0 N–H and O–H groups in total. The van der Waals surface area contributed by atoms with Gasteiger partial charge >= 0.3 is 104 Å². The molecule has 0 amide bonds. The van der Waals surface area contributed by atoms with Gasteiger partial charge in [-0.2, -0.15) is 0 Å². The van der Waals surface area contributed by atoms with Crippen LogP contribution >= 0.6 is 19.3 Å². The minimum atomic E-state index is -2.35. The fraction of sp³-hybridized carbons (Fsp3) is 1.00. The fourth-order valence-corrected chi connectivity index (χ4v) is 5.29. The number of rotatable bonds is 1. The van der Waals surface area contributed by atoms with Crippen LogP contribution in [0.3, 0.4) is 0 Å². The van der Waals surface area contributed by atoms with Gasteiger partial charge in [0.15, 0.2) is 0 Å². The maximum atomic E-state index is 5.94. The number of thiol groups is 1. The molecule has 0 aromatic heterocycles. The van der Waals surface area contributed by atoms with Crippen molar-refractivity contribution in [1.29, 1.82) is 0 Å². The third-order valence-corrected chi connectivity index (χ3v) is 7.12. The topological polar surface area (TPSA) is 24.9 Å². The molecule has 0 saturated carbocycles. The minimum absolute atomic E-state index is 0.131. The van der Waals surface area contributed by atoms with Crippen LogP contribution in [0.25, 0.3) is 0 Å². The van der Waals surface area contributed by atoms with Gasteiger partial charge in [-0.3, -0.25) is 0 Å². The van der Waals surface area contributed by atoms with Gasteiger partial charge < -0.3 is 0 Å². The van der Waals surface area contributed by atoms with E-state index in [9.17, 15) is 0 Å². The van der Waals surface area contributed by atoms with E-state index in [1.165, 1.54) is 0 Å². The Hall–Kier alpha value is 0.620. The summed E-state index contributed by atoms with van der Waals surface area (Å²) < 4.78 is 14.2. The first-order valence-electron chi connectivity index (χ1n) is 5.85. The molecule has 96 valence electrons. The van der Waals surface area contributed by atoms with E-state index in [1.54, 1.807) is 0 Å². The molecule has 0 aliphatic carbocycles. The van der Waals surface area contributed by atoms with Crippen molar-refractivity contribution in [3.8, 4) is 0 Å². The van der Waals surface area contributed by atoms with Gasteiger partial charge in [0.2, 0.25) is 0 Å². The SMILES string of the molecule is CN1CCN([PH]2(S)OCC(C)(C)CO2)CC1. The van der Waals surface area contributed by atoms with E-state index in [2.05, 4.69) is 30.5 Å². The maximum absolute atomic E-state index is 5.94. The van der Waals surface area contributed by atoms with Crippen LogP contribution in [0.1, 0.15) is 13.8 Å². The zero-order chi connectivity index (χ0) is 11.8. The molecule has 2 heterocycles. The summed E-state index contributed by atoms with van der Waals surface area (Å²) in [4.78, 5) is 2.33. The van der Waals surface area contributed by atoms with Crippen molar-refractivity contribution in [1.82, 2.24) is 9.57 Å². The Labute approximate surface area is 104 Å². The Balaban J connectivity index is 1.93. The van der Waals surface area contributed by atoms with Crippen molar-refractivity contribution < 1.29 is 9.05 Å². The van der Waals surface area contributed by atoms with Crippen molar-refractivity contribution in [2.45, 2.75) is 13.8 Å². The number of piperazine rings is 1. The van der Waals surface area contributed by atoms with Gasteiger partial charge in [0, 0.05) is 0 Å². The number of nitrogens with zero attached hydrogens (tertiary/aromatic N) is 2. The molecule has 6 heteroatoms. The second kappa shape index (κ2) is 4.71. The summed E-state index contributed by atoms with van der Waals surface area (Å²) in [5.41, 5.74) is 0.131. The molecule has 16 heavy (non-hydrogen) atoms. The number of hydrogen-bond acceptors (Lipinski definition) is 5. The van der Waals surface area contributed by atoms with Gasteiger partial charge in [0.1, 0.15) is 0 Å². The molecule has 0 radical (unpaired) electrons. The molecule has 2 aliphatic heterocycles. The first kappa shape index (κ1) is 13.1. The third kappa shape index (κ3) is 2.89. The molecule has 2 fully saturated rings. The summed E-state index contributed by atoms with van der Waals surface area (Å²) in [6, 6.07) is 0. The van der Waals surface area contributed by atoms with Gasteiger partial charge in [0.05, 0.1) is 0 Å². The normalized spacial score (nSPS) is 33.5. The third-order valence-electron chi connectivity index (χ3n) is 3.20. The van der Waals surface area contributed by atoms with Crippen molar-refractivity contribution in [2.24, 2.45) is 5.41 Å². The summed E-state index contributed by atoms with van der Waals surface area (Å²) in [5.74, 6) is 0. The molecule has 0 aromatic rings. The molecule has 0 atom stereocenters. The summed E-state index contributed by atoms with van der Waals surface area (Å²) in [6.45, 7) is 10.0. The first-order chi connectivity index (χ1) is 7.41. The van der Waals surface area contributed by atoms with Gasteiger partial charge in [-0.25, -0.2) is 0 Å². The summed E-state index contributed by atoms with van der Waals surface area (Å²) >= 11 is 4.70. The molecular weight excluding hydrogens is 243 g/mol. The van der Waals surface area contributed by atoms with Crippen molar-refractivity contribution in [3.63, 3.8) is 0 Å². The predicted molar refractivity (Wildman–Crippen MR) is 72.1 cm³/mol. The van der Waals surface area contributed by atoms with Crippen LogP contribution in [0.2, 0.25) is 0 Å². The summed E-state index contributed by atoms with van der Waals surface area (Å²) in [7, 11) is -0.204. The van der Waals surface area contributed by atoms with Crippen LogP contribution in [0.5, 0.6) is 0 Å². The Kier molecular flexibility index (Phi) is 3.85. The zero-order valence-corrected chi connectivity index (χ0v) is 12.3. The molecule has 2 saturated heterocycles. The van der Waals surface area contributed by atoms with Gasteiger partial charge in [-0.1, -0.05) is 0 Å². The molecule has 4 nitrogen and oxygen atoms in total. The molecule has 2 aliphatic rings. The first-order valence-corrected chi connectivity index (χ1v) is 8.90. The van der Waals surface area contributed by atoms with E-state index in [-0.39, 0.29) is 5.41 Å². The Morgan fingerprint density at radius 3 is 2.06 bits per heavy atom. The quantitative estimate of drug-likeness (QED) is 0.576. The monoisotopic (exact) mass is 266 g/mol.